The summed E-state index contributed by atoms with van der Waals surface area (Å²) in [7, 11) is 0. The molecule has 0 atom stereocenters. The molecule has 0 saturated carbocycles. The molecule has 0 aromatic carbocycles. The van der Waals surface area contributed by atoms with E-state index in [-0.39, 0.29) is 21.7 Å². The van der Waals surface area contributed by atoms with Crippen molar-refractivity contribution < 1.29 is 21.7 Å². The van der Waals surface area contributed by atoms with Gasteiger partial charge in [0, 0.05) is 21.7 Å². The van der Waals surface area contributed by atoms with Crippen LogP contribution in [0.2, 0.25) is 0 Å². The Bertz CT molecular complexity index is 91.0. The zero-order valence-electron chi connectivity index (χ0n) is 4.80. The van der Waals surface area contributed by atoms with Crippen molar-refractivity contribution in [3.63, 3.8) is 0 Å². The molecule has 0 aliphatic heterocycles. The van der Waals surface area contributed by atoms with Gasteiger partial charge < -0.3 is 0 Å². The molecule has 0 aromatic rings. The number of allylic oxidation sites excluding steroid dienone is 4. The maximum atomic E-state index is 3.77. The van der Waals surface area contributed by atoms with Crippen molar-refractivity contribution in [2.45, 2.75) is 6.42 Å². The molecule has 0 spiro atoms. The summed E-state index contributed by atoms with van der Waals surface area (Å²) in [6.45, 7) is 3.77. The molecule has 0 N–H and O–H groups in total. The van der Waals surface area contributed by atoms with E-state index in [1.54, 1.807) is 0 Å². The van der Waals surface area contributed by atoms with Crippen molar-refractivity contribution in [3.8, 4) is 0 Å². The SMILES string of the molecule is [CH2]CC1C=CC=C1.[Ti]. The van der Waals surface area contributed by atoms with Gasteiger partial charge in [0.05, 0.1) is 0 Å². The fraction of sp³-hybridized carbons (Fsp3) is 0.286. The molecule has 1 aliphatic rings. The maximum absolute atomic E-state index is 3.77. The second-order valence-electron chi connectivity index (χ2n) is 1.72. The Morgan fingerprint density at radius 2 is 1.75 bits per heavy atom. The largest absolute Gasteiger partial charge is 0.0776 e. The fourth-order valence-corrected chi connectivity index (χ4v) is 0.670. The molecule has 0 heterocycles. The molecule has 0 nitrogen and oxygen atoms in total. The van der Waals surface area contributed by atoms with Gasteiger partial charge in [0.15, 0.2) is 0 Å². The molecule has 8 heavy (non-hydrogen) atoms. The average Bonchev–Trinajstić information content (AvgIpc) is 2.14. The zero-order chi connectivity index (χ0) is 5.11. The molecule has 1 aliphatic carbocycles. The molecule has 1 heteroatoms. The standard InChI is InChI=1S/C7H9.Ti/c1-2-7-5-3-4-6-7;/h3-7H,1-2H2;. The molecule has 0 saturated heterocycles. The predicted octanol–water partition coefficient (Wildman–Crippen LogP) is 1.95. The van der Waals surface area contributed by atoms with Gasteiger partial charge >= 0.3 is 0 Å². The van der Waals surface area contributed by atoms with Crippen LogP contribution in [0.4, 0.5) is 0 Å². The summed E-state index contributed by atoms with van der Waals surface area (Å²) in [5, 5.41) is 0. The van der Waals surface area contributed by atoms with Crippen LogP contribution in [0, 0.1) is 12.8 Å². The fourth-order valence-electron chi connectivity index (χ4n) is 0.670. The van der Waals surface area contributed by atoms with E-state index in [1.165, 1.54) is 0 Å². The van der Waals surface area contributed by atoms with E-state index in [9.17, 15) is 0 Å². The summed E-state index contributed by atoms with van der Waals surface area (Å²) in [6, 6.07) is 0. The molecule has 0 fully saturated rings. The second kappa shape index (κ2) is 4.11. The summed E-state index contributed by atoms with van der Waals surface area (Å²) in [5.74, 6) is 0.625. The van der Waals surface area contributed by atoms with E-state index in [0.29, 0.717) is 5.92 Å². The van der Waals surface area contributed by atoms with Crippen LogP contribution in [0.25, 0.3) is 0 Å². The van der Waals surface area contributed by atoms with Gasteiger partial charge in [-0.1, -0.05) is 31.2 Å². The van der Waals surface area contributed by atoms with Crippen molar-refractivity contribution in [2.24, 2.45) is 5.92 Å². The van der Waals surface area contributed by atoms with Crippen LogP contribution >= 0.6 is 0 Å². The van der Waals surface area contributed by atoms with Gasteiger partial charge in [-0.2, -0.15) is 0 Å². The quantitative estimate of drug-likeness (QED) is 0.489. The third-order valence-corrected chi connectivity index (χ3v) is 1.16. The van der Waals surface area contributed by atoms with Gasteiger partial charge in [-0.15, -0.1) is 0 Å². The van der Waals surface area contributed by atoms with Crippen LogP contribution in [-0.4, -0.2) is 0 Å². The first-order valence-corrected chi connectivity index (χ1v) is 2.57. The van der Waals surface area contributed by atoms with E-state index < -0.39 is 0 Å². The monoisotopic (exact) mass is 141 g/mol. The third-order valence-electron chi connectivity index (χ3n) is 1.16. The topological polar surface area (TPSA) is 0 Å². The van der Waals surface area contributed by atoms with E-state index in [1.807, 2.05) is 0 Å². The first kappa shape index (κ1) is 8.19. The Balaban J connectivity index is 0.000000490. The smallest absolute Gasteiger partial charge is 0 e. The molecule has 41 valence electrons. The summed E-state index contributed by atoms with van der Waals surface area (Å²) in [4.78, 5) is 0. The predicted molar refractivity (Wildman–Crippen MR) is 31.7 cm³/mol. The Kier molecular flexibility index (Phi) is 4.21. The van der Waals surface area contributed by atoms with Crippen LogP contribution in [0.1, 0.15) is 6.42 Å². The Hall–Kier alpha value is 0.194. The normalized spacial score (nSPS) is 16.6. The van der Waals surface area contributed by atoms with E-state index in [4.69, 9.17) is 0 Å². The second-order valence-corrected chi connectivity index (χ2v) is 1.72. The van der Waals surface area contributed by atoms with Crippen molar-refractivity contribution >= 4 is 0 Å². The first-order valence-electron chi connectivity index (χ1n) is 2.57. The van der Waals surface area contributed by atoms with Gasteiger partial charge in [-0.3, -0.25) is 0 Å². The van der Waals surface area contributed by atoms with Crippen molar-refractivity contribution in [1.82, 2.24) is 0 Å². The third kappa shape index (κ3) is 1.98. The Morgan fingerprint density at radius 1 is 1.25 bits per heavy atom. The van der Waals surface area contributed by atoms with Crippen LogP contribution in [0.5, 0.6) is 0 Å². The van der Waals surface area contributed by atoms with E-state index in [0.717, 1.165) is 6.42 Å². The molecule has 0 aromatic heterocycles. The zero-order valence-corrected chi connectivity index (χ0v) is 6.36. The van der Waals surface area contributed by atoms with Gasteiger partial charge in [-0.25, -0.2) is 0 Å². The molecule has 0 amide bonds. The van der Waals surface area contributed by atoms with Crippen LogP contribution in [0.15, 0.2) is 24.3 Å². The van der Waals surface area contributed by atoms with Gasteiger partial charge in [0.2, 0.25) is 0 Å². The Morgan fingerprint density at radius 3 is 2.00 bits per heavy atom. The minimum Gasteiger partial charge on any atom is -0.0776 e. The van der Waals surface area contributed by atoms with Gasteiger partial charge in [0.25, 0.3) is 0 Å². The van der Waals surface area contributed by atoms with Crippen molar-refractivity contribution in [1.29, 1.82) is 0 Å². The Labute approximate surface area is 65.6 Å². The minimum absolute atomic E-state index is 0. The van der Waals surface area contributed by atoms with E-state index >= 15 is 0 Å². The maximum Gasteiger partial charge on any atom is 0 e. The average molecular weight is 141 g/mol. The van der Waals surface area contributed by atoms with E-state index in [2.05, 4.69) is 31.2 Å². The van der Waals surface area contributed by atoms with Crippen molar-refractivity contribution in [3.05, 3.63) is 31.2 Å². The summed E-state index contributed by atoms with van der Waals surface area (Å²) < 4.78 is 0. The molecular formula is C7H9Ti. The molecule has 0 bridgehead atoms. The number of hydrogen-bond acceptors (Lipinski definition) is 0. The van der Waals surface area contributed by atoms with Crippen LogP contribution < -0.4 is 0 Å². The van der Waals surface area contributed by atoms with Crippen molar-refractivity contribution in [2.75, 3.05) is 0 Å². The first-order chi connectivity index (χ1) is 3.43. The molecular weight excluding hydrogens is 132 g/mol. The van der Waals surface area contributed by atoms with Crippen LogP contribution in [0.3, 0.4) is 0 Å². The number of hydrogen-bond donors (Lipinski definition) is 0. The summed E-state index contributed by atoms with van der Waals surface area (Å²) in [6.07, 6.45) is 9.44. The van der Waals surface area contributed by atoms with Gasteiger partial charge in [0.1, 0.15) is 0 Å². The minimum atomic E-state index is 0. The summed E-state index contributed by atoms with van der Waals surface area (Å²) >= 11 is 0. The molecule has 0 unspecified atom stereocenters. The van der Waals surface area contributed by atoms with Crippen LogP contribution in [-0.2, 0) is 21.7 Å². The van der Waals surface area contributed by atoms with Gasteiger partial charge in [-0.05, 0) is 12.3 Å². The number of rotatable bonds is 1. The molecule has 1 rings (SSSR count). The summed E-state index contributed by atoms with van der Waals surface area (Å²) in [5.41, 5.74) is 0. The molecule has 1 radical (unpaired) electrons.